The third-order valence-corrected chi connectivity index (χ3v) is 5.39. The average Bonchev–Trinajstić information content (AvgIpc) is 3.37. The van der Waals surface area contributed by atoms with Gasteiger partial charge < -0.3 is 14.7 Å². The zero-order valence-electron chi connectivity index (χ0n) is 15.6. The van der Waals surface area contributed by atoms with Crippen LogP contribution in [0.5, 0.6) is 0 Å². The Bertz CT molecular complexity index is 1130. The Morgan fingerprint density at radius 3 is 1.79 bits per heavy atom. The molecule has 0 unspecified atom stereocenters. The van der Waals surface area contributed by atoms with Crippen molar-refractivity contribution in [2.45, 2.75) is 12.5 Å². The fourth-order valence-corrected chi connectivity index (χ4v) is 3.98. The molecule has 0 atom stereocenters. The quantitative estimate of drug-likeness (QED) is 0.380. The molecule has 138 valence electrons. The van der Waals surface area contributed by atoms with Gasteiger partial charge in [-0.3, -0.25) is 0 Å². The number of rotatable bonds is 6. The van der Waals surface area contributed by atoms with Crippen LogP contribution in [0.1, 0.15) is 22.6 Å². The Morgan fingerprint density at radius 1 is 0.643 bits per heavy atom. The zero-order chi connectivity index (χ0) is 18.8. The lowest BCUT2D eigenvalue weighted by Crippen LogP contribution is -2.09. The van der Waals surface area contributed by atoms with Gasteiger partial charge in [-0.1, -0.05) is 66.7 Å². The third-order valence-electron chi connectivity index (χ3n) is 5.39. The summed E-state index contributed by atoms with van der Waals surface area (Å²) in [6, 6.07) is 27.3. The van der Waals surface area contributed by atoms with Crippen LogP contribution in [0.15, 0.2) is 91.3 Å². The summed E-state index contributed by atoms with van der Waals surface area (Å²) >= 11 is 0. The number of aromatic nitrogens is 2. The van der Waals surface area contributed by atoms with Gasteiger partial charge in [0.1, 0.15) is 0 Å². The first-order valence-corrected chi connectivity index (χ1v) is 9.64. The first-order chi connectivity index (χ1) is 13.9. The number of hydrogen-bond acceptors (Lipinski definition) is 1. The van der Waals surface area contributed by atoms with Crippen molar-refractivity contribution in [2.75, 3.05) is 6.61 Å². The van der Waals surface area contributed by atoms with Crippen LogP contribution in [0.3, 0.4) is 0 Å². The first-order valence-electron chi connectivity index (χ1n) is 9.64. The molecule has 0 aliphatic carbocycles. The molecule has 0 saturated heterocycles. The van der Waals surface area contributed by atoms with Gasteiger partial charge in [0.25, 0.3) is 0 Å². The highest BCUT2D eigenvalue weighted by Crippen LogP contribution is 2.35. The molecule has 28 heavy (non-hydrogen) atoms. The van der Waals surface area contributed by atoms with Gasteiger partial charge in [0.15, 0.2) is 0 Å². The van der Waals surface area contributed by atoms with E-state index in [1.807, 2.05) is 6.07 Å². The Morgan fingerprint density at radius 2 is 1.18 bits per heavy atom. The van der Waals surface area contributed by atoms with E-state index in [4.69, 9.17) is 4.74 Å². The van der Waals surface area contributed by atoms with Gasteiger partial charge in [-0.05, 0) is 28.8 Å². The number of ether oxygens (including phenoxy) is 1. The number of aromatic amines is 2. The van der Waals surface area contributed by atoms with Gasteiger partial charge in [-0.25, -0.2) is 0 Å². The molecule has 2 N–H and O–H groups in total. The smallest absolute Gasteiger partial charge is 0.0717 e. The molecule has 0 saturated carbocycles. The van der Waals surface area contributed by atoms with Crippen LogP contribution in [-0.2, 0) is 11.3 Å². The molecule has 0 aliphatic heterocycles. The van der Waals surface area contributed by atoms with Crippen LogP contribution >= 0.6 is 0 Å². The summed E-state index contributed by atoms with van der Waals surface area (Å²) in [6.45, 7) is 1.24. The lowest BCUT2D eigenvalue weighted by atomic mass is 9.91. The predicted molar refractivity (Wildman–Crippen MR) is 115 cm³/mol. The Balaban J connectivity index is 1.52. The molecule has 0 spiro atoms. The lowest BCUT2D eigenvalue weighted by molar-refractivity contribution is 0.114. The maximum Gasteiger partial charge on any atom is 0.0717 e. The number of H-pyrrole nitrogens is 2. The van der Waals surface area contributed by atoms with E-state index in [1.54, 1.807) is 0 Å². The predicted octanol–water partition coefficient (Wildman–Crippen LogP) is 6.00. The molecule has 3 heteroatoms. The standard InChI is InChI=1S/C25H22N2O/c1-2-8-18(9-3-1)16-28-17-23(21-14-26-24-12-6-4-10-19(21)24)22-15-27-25-13-7-5-11-20(22)25/h1-15,23,26-27H,16-17H2. The Hall–Kier alpha value is -3.30. The Labute approximate surface area is 164 Å². The molecule has 3 nitrogen and oxygen atoms in total. The zero-order valence-corrected chi connectivity index (χ0v) is 15.6. The number of benzene rings is 3. The van der Waals surface area contributed by atoms with Gasteiger partial charge in [-0.15, -0.1) is 0 Å². The van der Waals surface area contributed by atoms with Gasteiger partial charge in [0.05, 0.1) is 13.2 Å². The first kappa shape index (κ1) is 16.8. The van der Waals surface area contributed by atoms with Gasteiger partial charge in [0, 0.05) is 40.1 Å². The molecular weight excluding hydrogens is 344 g/mol. The van der Waals surface area contributed by atoms with E-state index in [9.17, 15) is 0 Å². The fraction of sp³-hybridized carbons (Fsp3) is 0.120. The summed E-state index contributed by atoms with van der Waals surface area (Å²) in [5.41, 5.74) is 6.05. The second kappa shape index (κ2) is 7.37. The largest absolute Gasteiger partial charge is 0.376 e. The molecule has 0 bridgehead atoms. The minimum atomic E-state index is 0.149. The van der Waals surface area contributed by atoms with E-state index >= 15 is 0 Å². The van der Waals surface area contributed by atoms with E-state index in [2.05, 4.69) is 95.2 Å². The molecule has 0 aliphatic rings. The van der Waals surface area contributed by atoms with Crippen molar-refractivity contribution < 1.29 is 4.74 Å². The number of nitrogens with one attached hydrogen (secondary N) is 2. The van der Waals surface area contributed by atoms with Crippen LogP contribution in [0.4, 0.5) is 0 Å². The highest BCUT2D eigenvalue weighted by atomic mass is 16.5. The van der Waals surface area contributed by atoms with E-state index in [0.717, 1.165) is 11.0 Å². The molecular formula is C25H22N2O. The monoisotopic (exact) mass is 366 g/mol. The van der Waals surface area contributed by atoms with Crippen molar-refractivity contribution in [2.24, 2.45) is 0 Å². The van der Waals surface area contributed by atoms with Crippen LogP contribution in [0.2, 0.25) is 0 Å². The van der Waals surface area contributed by atoms with Crippen molar-refractivity contribution in [1.82, 2.24) is 9.97 Å². The van der Waals surface area contributed by atoms with Crippen molar-refractivity contribution in [1.29, 1.82) is 0 Å². The van der Waals surface area contributed by atoms with E-state index < -0.39 is 0 Å². The molecule has 0 fully saturated rings. The van der Waals surface area contributed by atoms with Crippen molar-refractivity contribution in [3.8, 4) is 0 Å². The summed E-state index contributed by atoms with van der Waals surface area (Å²) in [6.07, 6.45) is 4.26. The van der Waals surface area contributed by atoms with Crippen LogP contribution in [0, 0.1) is 0 Å². The fourth-order valence-electron chi connectivity index (χ4n) is 3.98. The van der Waals surface area contributed by atoms with Crippen molar-refractivity contribution >= 4 is 21.8 Å². The molecule has 2 heterocycles. The van der Waals surface area contributed by atoms with Crippen molar-refractivity contribution in [3.63, 3.8) is 0 Å². The maximum atomic E-state index is 6.20. The highest BCUT2D eigenvalue weighted by Gasteiger charge is 2.21. The Kier molecular flexibility index (Phi) is 4.43. The van der Waals surface area contributed by atoms with Crippen LogP contribution < -0.4 is 0 Å². The SMILES string of the molecule is c1ccc(COCC(c2c[nH]c3ccccc23)c2c[nH]c3ccccc23)cc1. The van der Waals surface area contributed by atoms with Crippen LogP contribution in [-0.4, -0.2) is 16.6 Å². The summed E-state index contributed by atoms with van der Waals surface area (Å²) in [5, 5.41) is 2.50. The second-order valence-corrected chi connectivity index (χ2v) is 7.13. The topological polar surface area (TPSA) is 40.8 Å². The molecule has 0 radical (unpaired) electrons. The van der Waals surface area contributed by atoms with E-state index in [1.165, 1.54) is 27.5 Å². The molecule has 0 amide bonds. The van der Waals surface area contributed by atoms with Crippen molar-refractivity contribution in [3.05, 3.63) is 108 Å². The van der Waals surface area contributed by atoms with E-state index in [-0.39, 0.29) is 5.92 Å². The summed E-state index contributed by atoms with van der Waals surface area (Å²) < 4.78 is 6.20. The maximum absolute atomic E-state index is 6.20. The molecule has 3 aromatic carbocycles. The van der Waals surface area contributed by atoms with Gasteiger partial charge in [0.2, 0.25) is 0 Å². The lowest BCUT2D eigenvalue weighted by Gasteiger charge is -2.17. The number of fused-ring (bicyclic) bond motifs is 2. The van der Waals surface area contributed by atoms with Crippen LogP contribution in [0.25, 0.3) is 21.8 Å². The summed E-state index contributed by atoms with van der Waals surface area (Å²) in [7, 11) is 0. The molecule has 5 aromatic rings. The number of hydrogen-bond donors (Lipinski definition) is 2. The molecule has 2 aromatic heterocycles. The molecule has 5 rings (SSSR count). The highest BCUT2D eigenvalue weighted by molar-refractivity contribution is 5.88. The summed E-state index contributed by atoms with van der Waals surface area (Å²) in [5.74, 6) is 0.149. The third kappa shape index (κ3) is 3.10. The number of para-hydroxylation sites is 2. The normalized spacial score (nSPS) is 11.6. The second-order valence-electron chi connectivity index (χ2n) is 7.13. The summed E-state index contributed by atoms with van der Waals surface area (Å²) in [4.78, 5) is 6.84. The van der Waals surface area contributed by atoms with Gasteiger partial charge in [-0.2, -0.15) is 0 Å². The van der Waals surface area contributed by atoms with E-state index in [0.29, 0.717) is 13.2 Å². The minimum absolute atomic E-state index is 0.149. The van der Waals surface area contributed by atoms with Gasteiger partial charge >= 0.3 is 0 Å². The minimum Gasteiger partial charge on any atom is -0.376 e. The average molecular weight is 366 g/mol.